The number of hydrogen-bond acceptors (Lipinski definition) is 4. The summed E-state index contributed by atoms with van der Waals surface area (Å²) in [5.74, 6) is -0.624. The van der Waals surface area contributed by atoms with Gasteiger partial charge in [0.15, 0.2) is 0 Å². The van der Waals surface area contributed by atoms with Gasteiger partial charge in [-0.25, -0.2) is 8.42 Å². The van der Waals surface area contributed by atoms with Gasteiger partial charge in [0, 0.05) is 29.0 Å². The maximum atomic E-state index is 14.5. The summed E-state index contributed by atoms with van der Waals surface area (Å²) < 4.78 is 30.1. The third kappa shape index (κ3) is 9.42. The fourth-order valence-corrected chi connectivity index (χ4v) is 6.54. The molecule has 0 aliphatic heterocycles. The molecule has 0 aliphatic rings. The molecule has 1 atom stereocenters. The van der Waals surface area contributed by atoms with Gasteiger partial charge in [0.25, 0.3) is 10.0 Å². The Kier molecular flexibility index (Phi) is 11.8. The zero-order valence-corrected chi connectivity index (χ0v) is 28.6. The minimum absolute atomic E-state index is 0.00440. The molecular weight excluding hydrogens is 674 g/mol. The number of halogens is 2. The fraction of sp³-hybridized carbons (Fsp3) is 0.257. The first-order valence-corrected chi connectivity index (χ1v) is 17.3. The van der Waals surface area contributed by atoms with Crippen molar-refractivity contribution in [3.8, 4) is 0 Å². The number of sulfonamides is 1. The van der Waals surface area contributed by atoms with Crippen LogP contribution in [0.3, 0.4) is 0 Å². The molecule has 236 valence electrons. The number of rotatable bonds is 13. The first kappa shape index (κ1) is 34.2. The summed E-state index contributed by atoms with van der Waals surface area (Å²) in [6, 6.07) is 28.8. The number of anilines is 1. The van der Waals surface area contributed by atoms with Crippen molar-refractivity contribution in [3.05, 3.63) is 129 Å². The van der Waals surface area contributed by atoms with Crippen molar-refractivity contribution < 1.29 is 18.0 Å². The van der Waals surface area contributed by atoms with Gasteiger partial charge in [-0.15, -0.1) is 0 Å². The zero-order chi connectivity index (χ0) is 32.6. The lowest BCUT2D eigenvalue weighted by molar-refractivity contribution is -0.140. The van der Waals surface area contributed by atoms with E-state index in [1.54, 1.807) is 24.3 Å². The monoisotopic (exact) mass is 709 g/mol. The van der Waals surface area contributed by atoms with E-state index in [1.807, 2.05) is 75.4 Å². The largest absolute Gasteiger partial charge is 0.354 e. The first-order chi connectivity index (χ1) is 21.4. The fourth-order valence-electron chi connectivity index (χ4n) is 4.74. The van der Waals surface area contributed by atoms with Crippen LogP contribution in [0, 0.1) is 12.8 Å². The minimum Gasteiger partial charge on any atom is -0.354 e. The Morgan fingerprint density at radius 3 is 2.07 bits per heavy atom. The van der Waals surface area contributed by atoms with Gasteiger partial charge in [-0.3, -0.25) is 13.9 Å². The molecule has 4 rings (SSSR count). The van der Waals surface area contributed by atoms with Crippen LogP contribution in [0.4, 0.5) is 5.69 Å². The van der Waals surface area contributed by atoms with E-state index in [2.05, 4.69) is 21.2 Å². The number of nitrogens with one attached hydrogen (secondary N) is 1. The lowest BCUT2D eigenvalue weighted by atomic mass is 10.0. The van der Waals surface area contributed by atoms with Gasteiger partial charge >= 0.3 is 0 Å². The molecule has 4 aromatic rings. The third-order valence-corrected chi connectivity index (χ3v) is 9.79. The summed E-state index contributed by atoms with van der Waals surface area (Å²) >= 11 is 9.51. The van der Waals surface area contributed by atoms with E-state index in [0.717, 1.165) is 25.5 Å². The normalized spacial score (nSPS) is 12.0. The average Bonchev–Trinajstić information content (AvgIpc) is 3.02. The van der Waals surface area contributed by atoms with Crippen LogP contribution >= 0.6 is 27.5 Å². The Labute approximate surface area is 279 Å². The molecular formula is C35H37BrClN3O4S. The van der Waals surface area contributed by atoms with Crippen LogP contribution in [-0.2, 0) is 32.6 Å². The molecule has 0 bridgehead atoms. The highest BCUT2D eigenvalue weighted by atomic mass is 79.9. The number of carbonyl (C=O) groups excluding carboxylic acids is 2. The number of aryl methyl sites for hydroxylation is 1. The second-order valence-electron chi connectivity index (χ2n) is 11.3. The topological polar surface area (TPSA) is 86.8 Å². The van der Waals surface area contributed by atoms with Crippen LogP contribution < -0.4 is 9.62 Å². The molecule has 0 saturated heterocycles. The highest BCUT2D eigenvalue weighted by molar-refractivity contribution is 9.10. The quantitative estimate of drug-likeness (QED) is 0.162. The molecule has 0 heterocycles. The summed E-state index contributed by atoms with van der Waals surface area (Å²) in [6.07, 6.45) is 0.251. The lowest BCUT2D eigenvalue weighted by Gasteiger charge is -2.34. The second-order valence-corrected chi connectivity index (χ2v) is 14.5. The van der Waals surface area contributed by atoms with Crippen molar-refractivity contribution >= 4 is 55.1 Å². The van der Waals surface area contributed by atoms with E-state index in [-0.39, 0.29) is 29.7 Å². The van der Waals surface area contributed by atoms with Gasteiger partial charge in [0.05, 0.1) is 10.6 Å². The van der Waals surface area contributed by atoms with Crippen molar-refractivity contribution in [1.29, 1.82) is 0 Å². The van der Waals surface area contributed by atoms with Gasteiger partial charge in [-0.1, -0.05) is 102 Å². The summed E-state index contributed by atoms with van der Waals surface area (Å²) in [5, 5.41) is 3.39. The summed E-state index contributed by atoms with van der Waals surface area (Å²) in [5.41, 5.74) is 2.94. The van der Waals surface area contributed by atoms with Crippen molar-refractivity contribution in [2.45, 2.75) is 44.7 Å². The highest BCUT2D eigenvalue weighted by Gasteiger charge is 2.34. The van der Waals surface area contributed by atoms with E-state index < -0.39 is 28.5 Å². The van der Waals surface area contributed by atoms with Gasteiger partial charge < -0.3 is 10.2 Å². The molecule has 0 radical (unpaired) electrons. The van der Waals surface area contributed by atoms with Gasteiger partial charge in [-0.05, 0) is 72.5 Å². The van der Waals surface area contributed by atoms with Crippen LogP contribution in [0.5, 0.6) is 0 Å². The van der Waals surface area contributed by atoms with Crippen LogP contribution in [0.1, 0.15) is 30.5 Å². The molecule has 45 heavy (non-hydrogen) atoms. The molecule has 1 N–H and O–H groups in total. The van der Waals surface area contributed by atoms with Crippen LogP contribution in [-0.4, -0.2) is 44.3 Å². The molecule has 2 amide bonds. The second kappa shape index (κ2) is 15.6. The number of carbonyl (C=O) groups is 2. The maximum Gasteiger partial charge on any atom is 0.264 e. The summed E-state index contributed by atoms with van der Waals surface area (Å²) in [6.45, 7) is 5.91. The predicted molar refractivity (Wildman–Crippen MR) is 184 cm³/mol. The first-order valence-electron chi connectivity index (χ1n) is 14.6. The number of nitrogens with zero attached hydrogens (tertiary/aromatic N) is 2. The molecule has 7 nitrogen and oxygen atoms in total. The smallest absolute Gasteiger partial charge is 0.264 e. The molecule has 1 unspecified atom stereocenters. The Morgan fingerprint density at radius 1 is 0.844 bits per heavy atom. The highest BCUT2D eigenvalue weighted by Crippen LogP contribution is 2.26. The number of amides is 2. The third-order valence-electron chi connectivity index (χ3n) is 7.22. The van der Waals surface area contributed by atoms with Crippen molar-refractivity contribution in [2.75, 3.05) is 17.4 Å². The molecule has 0 fully saturated rings. The maximum absolute atomic E-state index is 14.5. The van der Waals surface area contributed by atoms with E-state index in [1.165, 1.54) is 29.2 Å². The Hall–Kier alpha value is -3.66. The number of hydrogen-bond donors (Lipinski definition) is 1. The summed E-state index contributed by atoms with van der Waals surface area (Å²) in [7, 11) is -4.20. The van der Waals surface area contributed by atoms with E-state index in [4.69, 9.17) is 11.6 Å². The van der Waals surface area contributed by atoms with Gasteiger partial charge in [0.1, 0.15) is 12.6 Å². The Bertz CT molecular complexity index is 1680. The Morgan fingerprint density at radius 2 is 1.47 bits per heavy atom. The van der Waals surface area contributed by atoms with Crippen LogP contribution in [0.2, 0.25) is 5.02 Å². The number of benzene rings is 4. The molecule has 4 aromatic carbocycles. The SMILES string of the molecule is Cc1ccc(N(CC(=O)N(Cc2ccc(Br)cc2)C(Cc2ccccc2)C(=O)NCC(C)C)S(=O)(=O)c2ccc(Cl)cc2)cc1. The molecule has 0 spiro atoms. The van der Waals surface area contributed by atoms with E-state index in [0.29, 0.717) is 17.3 Å². The van der Waals surface area contributed by atoms with Crippen LogP contribution in [0.25, 0.3) is 0 Å². The summed E-state index contributed by atoms with van der Waals surface area (Å²) in [4.78, 5) is 29.8. The van der Waals surface area contributed by atoms with E-state index in [9.17, 15) is 18.0 Å². The lowest BCUT2D eigenvalue weighted by Crippen LogP contribution is -2.53. The molecule has 0 aromatic heterocycles. The predicted octanol–water partition coefficient (Wildman–Crippen LogP) is 7.02. The molecule has 0 aliphatic carbocycles. The van der Waals surface area contributed by atoms with Gasteiger partial charge in [0.2, 0.25) is 11.8 Å². The molecule has 10 heteroatoms. The minimum atomic E-state index is -4.20. The van der Waals surface area contributed by atoms with Gasteiger partial charge in [-0.2, -0.15) is 0 Å². The standard InChI is InChI=1S/C35H37BrClN3O4S/c1-25(2)22-38-35(42)33(21-27-7-5-4-6-8-27)39(23-28-11-13-29(36)14-12-28)34(41)24-40(31-17-9-26(3)10-18-31)45(43,44)32-19-15-30(37)16-20-32/h4-20,25,33H,21-24H2,1-3H3,(H,38,42). The average molecular weight is 711 g/mol. The molecule has 0 saturated carbocycles. The van der Waals surface area contributed by atoms with Crippen molar-refractivity contribution in [1.82, 2.24) is 10.2 Å². The van der Waals surface area contributed by atoms with E-state index >= 15 is 0 Å². The van der Waals surface area contributed by atoms with Crippen molar-refractivity contribution in [2.24, 2.45) is 5.92 Å². The Balaban J connectivity index is 1.79. The van der Waals surface area contributed by atoms with Crippen LogP contribution in [0.15, 0.2) is 112 Å². The zero-order valence-electron chi connectivity index (χ0n) is 25.5. The van der Waals surface area contributed by atoms with Crippen molar-refractivity contribution in [3.63, 3.8) is 0 Å².